The molecule has 21 heavy (non-hydrogen) atoms. The largest absolute Gasteiger partial charge is 0.370 e. The molecule has 1 aromatic rings. The van der Waals surface area contributed by atoms with Gasteiger partial charge in [0, 0.05) is 32.3 Å². The van der Waals surface area contributed by atoms with E-state index in [-0.39, 0.29) is 11.3 Å². The van der Waals surface area contributed by atoms with Crippen LogP contribution in [0.4, 0.5) is 5.82 Å². The fourth-order valence-corrected chi connectivity index (χ4v) is 2.60. The Hall–Kier alpha value is -1.58. The first-order valence-corrected chi connectivity index (χ1v) is 7.86. The molecule has 0 spiro atoms. The van der Waals surface area contributed by atoms with Gasteiger partial charge in [-0.05, 0) is 29.4 Å². The van der Waals surface area contributed by atoms with Crippen molar-refractivity contribution in [1.29, 1.82) is 0 Å². The molecule has 116 valence electrons. The maximum absolute atomic E-state index is 12.1. The molecule has 0 saturated carbocycles. The molecular formula is C17H27N3O. The van der Waals surface area contributed by atoms with Crippen LogP contribution in [0.5, 0.6) is 0 Å². The summed E-state index contributed by atoms with van der Waals surface area (Å²) in [5.74, 6) is 1.62. The van der Waals surface area contributed by atoms with Crippen LogP contribution in [0.15, 0.2) is 18.3 Å². The van der Waals surface area contributed by atoms with E-state index in [2.05, 4.69) is 44.1 Å². The van der Waals surface area contributed by atoms with E-state index in [0.717, 1.165) is 30.9 Å². The van der Waals surface area contributed by atoms with Gasteiger partial charge in [0.2, 0.25) is 5.91 Å². The molecule has 1 aromatic heterocycles. The predicted octanol–water partition coefficient (Wildman–Crippen LogP) is 3.30. The smallest absolute Gasteiger partial charge is 0.223 e. The molecule has 2 heterocycles. The van der Waals surface area contributed by atoms with Gasteiger partial charge in [0.1, 0.15) is 5.82 Å². The Balaban J connectivity index is 1.94. The zero-order valence-corrected chi connectivity index (χ0v) is 13.6. The van der Waals surface area contributed by atoms with Gasteiger partial charge >= 0.3 is 0 Å². The number of nitrogens with zero attached hydrogens (tertiary/aromatic N) is 2. The van der Waals surface area contributed by atoms with E-state index in [0.29, 0.717) is 18.9 Å². The molecule has 1 N–H and O–H groups in total. The lowest BCUT2D eigenvalue weighted by atomic mass is 9.80. The van der Waals surface area contributed by atoms with Crippen molar-refractivity contribution in [2.24, 2.45) is 11.3 Å². The van der Waals surface area contributed by atoms with Crippen LogP contribution < -0.4 is 5.32 Å². The fourth-order valence-electron chi connectivity index (χ4n) is 2.60. The molecule has 1 fully saturated rings. The van der Waals surface area contributed by atoms with Crippen LogP contribution in [-0.2, 0) is 11.3 Å². The van der Waals surface area contributed by atoms with Gasteiger partial charge in [-0.15, -0.1) is 0 Å². The first-order chi connectivity index (χ1) is 9.90. The lowest BCUT2D eigenvalue weighted by molar-refractivity contribution is -0.128. The number of nitrogens with one attached hydrogen (secondary N) is 1. The van der Waals surface area contributed by atoms with Crippen LogP contribution in [0.3, 0.4) is 0 Å². The summed E-state index contributed by atoms with van der Waals surface area (Å²) in [6.45, 7) is 11.2. The molecule has 0 aromatic carbocycles. The average Bonchev–Trinajstić information content (AvgIpc) is 2.79. The molecule has 4 heteroatoms. The van der Waals surface area contributed by atoms with E-state index in [1.54, 1.807) is 0 Å². The first-order valence-electron chi connectivity index (χ1n) is 7.86. The van der Waals surface area contributed by atoms with Gasteiger partial charge in [0.15, 0.2) is 0 Å². The Morgan fingerprint density at radius 2 is 2.14 bits per heavy atom. The second-order valence-corrected chi connectivity index (χ2v) is 7.02. The highest BCUT2D eigenvalue weighted by Gasteiger charge is 2.36. The van der Waals surface area contributed by atoms with Gasteiger partial charge in [-0.2, -0.15) is 0 Å². The summed E-state index contributed by atoms with van der Waals surface area (Å²) in [6.07, 6.45) is 3.63. The van der Waals surface area contributed by atoms with Gasteiger partial charge < -0.3 is 10.2 Å². The Morgan fingerprint density at radius 3 is 2.67 bits per heavy atom. The summed E-state index contributed by atoms with van der Waals surface area (Å²) in [5, 5.41) is 3.26. The van der Waals surface area contributed by atoms with E-state index in [1.165, 1.54) is 0 Å². The molecule has 1 aliphatic heterocycles. The molecule has 2 rings (SSSR count). The summed E-state index contributed by atoms with van der Waals surface area (Å²) in [4.78, 5) is 18.5. The molecule has 0 radical (unpaired) electrons. The van der Waals surface area contributed by atoms with Crippen molar-refractivity contribution < 1.29 is 4.79 Å². The van der Waals surface area contributed by atoms with E-state index < -0.39 is 0 Å². The fraction of sp³-hybridized carbons (Fsp3) is 0.647. The summed E-state index contributed by atoms with van der Waals surface area (Å²) < 4.78 is 0. The number of likely N-dealkylation sites (tertiary alicyclic amines) is 1. The summed E-state index contributed by atoms with van der Waals surface area (Å²) in [5.41, 5.74) is 1.29. The quantitative estimate of drug-likeness (QED) is 0.904. The molecule has 1 saturated heterocycles. The van der Waals surface area contributed by atoms with E-state index in [9.17, 15) is 4.79 Å². The third kappa shape index (κ3) is 4.19. The Kier molecular flexibility index (Phi) is 4.86. The maximum Gasteiger partial charge on any atom is 0.223 e. The Labute approximate surface area is 127 Å². The molecule has 0 bridgehead atoms. The van der Waals surface area contributed by atoms with Crippen molar-refractivity contribution in [2.45, 2.75) is 47.1 Å². The van der Waals surface area contributed by atoms with Gasteiger partial charge in [-0.3, -0.25) is 4.79 Å². The maximum atomic E-state index is 12.1. The van der Waals surface area contributed by atoms with Crippen molar-refractivity contribution in [3.63, 3.8) is 0 Å². The van der Waals surface area contributed by atoms with Crippen LogP contribution in [0.25, 0.3) is 0 Å². The minimum Gasteiger partial charge on any atom is -0.370 e. The number of carbonyl (C=O) groups is 1. The minimum atomic E-state index is 0.191. The molecule has 1 atom stereocenters. The van der Waals surface area contributed by atoms with Gasteiger partial charge in [-0.1, -0.05) is 33.8 Å². The lowest BCUT2D eigenvalue weighted by Gasteiger charge is -2.26. The zero-order valence-electron chi connectivity index (χ0n) is 13.6. The molecular weight excluding hydrogens is 262 g/mol. The number of aromatic nitrogens is 1. The van der Waals surface area contributed by atoms with E-state index in [4.69, 9.17) is 0 Å². The summed E-state index contributed by atoms with van der Waals surface area (Å²) in [7, 11) is 0. The molecule has 1 aliphatic rings. The number of hydrogen-bond donors (Lipinski definition) is 1. The molecule has 4 nitrogen and oxygen atoms in total. The zero-order chi connectivity index (χ0) is 15.5. The normalized spacial score (nSPS) is 19.1. The van der Waals surface area contributed by atoms with Crippen molar-refractivity contribution in [1.82, 2.24) is 9.88 Å². The number of rotatable bonds is 5. The highest BCUT2D eigenvalue weighted by Crippen LogP contribution is 2.34. The summed E-state index contributed by atoms with van der Waals surface area (Å²) in [6, 6.07) is 4.05. The van der Waals surface area contributed by atoms with Crippen LogP contribution in [-0.4, -0.2) is 28.9 Å². The monoisotopic (exact) mass is 289 g/mol. The van der Waals surface area contributed by atoms with E-state index >= 15 is 0 Å². The van der Waals surface area contributed by atoms with Crippen molar-refractivity contribution >= 4 is 11.7 Å². The number of pyridine rings is 1. The van der Waals surface area contributed by atoms with Crippen LogP contribution >= 0.6 is 0 Å². The lowest BCUT2D eigenvalue weighted by Crippen LogP contribution is -2.27. The van der Waals surface area contributed by atoms with Crippen molar-refractivity contribution in [3.05, 3.63) is 23.9 Å². The molecule has 0 aliphatic carbocycles. The van der Waals surface area contributed by atoms with Crippen LogP contribution in [0.1, 0.15) is 46.1 Å². The number of anilines is 1. The van der Waals surface area contributed by atoms with Gasteiger partial charge in [0.25, 0.3) is 0 Å². The second kappa shape index (κ2) is 6.46. The summed E-state index contributed by atoms with van der Waals surface area (Å²) >= 11 is 0. The second-order valence-electron chi connectivity index (χ2n) is 7.02. The van der Waals surface area contributed by atoms with Gasteiger partial charge in [0.05, 0.1) is 0 Å². The topological polar surface area (TPSA) is 45.2 Å². The van der Waals surface area contributed by atoms with Crippen LogP contribution in [0, 0.1) is 11.3 Å². The highest BCUT2D eigenvalue weighted by molar-refractivity contribution is 5.78. The Bertz CT molecular complexity index is 476. The molecule has 1 unspecified atom stereocenters. The average molecular weight is 289 g/mol. The van der Waals surface area contributed by atoms with Crippen molar-refractivity contribution in [3.8, 4) is 0 Å². The minimum absolute atomic E-state index is 0.191. The first kappa shape index (κ1) is 15.8. The highest BCUT2D eigenvalue weighted by atomic mass is 16.2. The standard InChI is InChI=1S/C17H27N3O/c1-5-8-18-15-7-6-13(10-19-15)11-20-12-14(9-16(20)21)17(2,3)4/h6-7,10,14H,5,8-9,11-12H2,1-4H3,(H,18,19). The third-order valence-electron chi connectivity index (χ3n) is 4.19. The Morgan fingerprint density at radius 1 is 1.38 bits per heavy atom. The number of hydrogen-bond acceptors (Lipinski definition) is 3. The SMILES string of the molecule is CCCNc1ccc(CN2CC(C(C)(C)C)CC2=O)cn1. The van der Waals surface area contributed by atoms with E-state index in [1.807, 2.05) is 17.2 Å². The third-order valence-corrected chi connectivity index (χ3v) is 4.19. The van der Waals surface area contributed by atoms with Crippen LogP contribution in [0.2, 0.25) is 0 Å². The number of carbonyl (C=O) groups excluding carboxylic acids is 1. The molecule has 1 amide bonds. The number of amides is 1. The van der Waals surface area contributed by atoms with Gasteiger partial charge in [-0.25, -0.2) is 4.98 Å². The predicted molar refractivity (Wildman–Crippen MR) is 86.0 cm³/mol. The van der Waals surface area contributed by atoms with Crippen molar-refractivity contribution in [2.75, 3.05) is 18.4 Å².